The number of pyridine rings is 1. The van der Waals surface area contributed by atoms with Gasteiger partial charge < -0.3 is 19.9 Å². The molecule has 176 valence electrons. The van der Waals surface area contributed by atoms with E-state index in [1.165, 1.54) is 41.8 Å². The molecule has 6 heteroatoms. The molecule has 1 aromatic heterocycles. The summed E-state index contributed by atoms with van der Waals surface area (Å²) < 4.78 is 6.25. The Morgan fingerprint density at radius 3 is 2.76 bits per heavy atom. The summed E-state index contributed by atoms with van der Waals surface area (Å²) in [6.07, 6.45) is 7.32. The molecule has 0 radical (unpaired) electrons. The number of ether oxygens (including phenoxy) is 1. The fraction of sp³-hybridized carbons (Fsp3) is 0.593. The van der Waals surface area contributed by atoms with Gasteiger partial charge in [0.05, 0.1) is 23.9 Å². The normalized spacial score (nSPS) is 29.6. The Labute approximate surface area is 197 Å². The highest BCUT2D eigenvalue weighted by molar-refractivity contribution is 5.58. The van der Waals surface area contributed by atoms with Gasteiger partial charge in [0.15, 0.2) is 0 Å². The first kappa shape index (κ1) is 21.5. The molecular formula is C27H37N5O. The average molecular weight is 448 g/mol. The Morgan fingerprint density at radius 1 is 1.09 bits per heavy atom. The maximum Gasteiger partial charge on any atom is 0.0881 e. The maximum atomic E-state index is 6.25. The molecule has 4 atom stereocenters. The number of likely N-dealkylation sites (N-methyl/N-ethyl adjacent to an activating group) is 2. The molecule has 4 aliphatic rings. The van der Waals surface area contributed by atoms with Gasteiger partial charge in [0, 0.05) is 57.2 Å². The van der Waals surface area contributed by atoms with Crippen LogP contribution in [0.3, 0.4) is 0 Å². The van der Waals surface area contributed by atoms with Crippen LogP contribution < -0.4 is 10.2 Å². The fourth-order valence-electron chi connectivity index (χ4n) is 6.60. The Morgan fingerprint density at radius 2 is 1.91 bits per heavy atom. The minimum atomic E-state index is 0.320. The summed E-state index contributed by atoms with van der Waals surface area (Å²) in [5.41, 5.74) is 7.19. The van der Waals surface area contributed by atoms with E-state index in [1.54, 1.807) is 5.56 Å². The minimum absolute atomic E-state index is 0.320. The zero-order chi connectivity index (χ0) is 22.4. The number of fused-ring (bicyclic) bond motifs is 4. The molecule has 2 fully saturated rings. The number of morpholine rings is 2. The first-order chi connectivity index (χ1) is 16.1. The molecule has 6 rings (SSSR count). The number of rotatable bonds is 4. The van der Waals surface area contributed by atoms with Crippen molar-refractivity contribution in [3.8, 4) is 0 Å². The standard InChI is InChI=1S/C27H37N5O/c1-30-15-22-17-32(18-23(16-30)33-22)25-9-4-7-20-13-29-21(12-24(20)25)14-31(2)26-10-3-6-19-8-5-11-28-27(19)26/h4-5,7-9,11,21-23,26,29H,3,6,10,12-18H2,1-2H3/t21-,22?,23?,26?/m1/s1. The highest BCUT2D eigenvalue weighted by Crippen LogP contribution is 2.34. The molecule has 6 nitrogen and oxygen atoms in total. The van der Waals surface area contributed by atoms with E-state index >= 15 is 0 Å². The Bertz CT molecular complexity index is 978. The van der Waals surface area contributed by atoms with Gasteiger partial charge in [0.25, 0.3) is 0 Å². The van der Waals surface area contributed by atoms with Gasteiger partial charge in [-0.05, 0) is 68.6 Å². The number of nitrogens with one attached hydrogen (secondary N) is 1. The van der Waals surface area contributed by atoms with Crippen LogP contribution in [0.4, 0.5) is 5.69 Å². The van der Waals surface area contributed by atoms with Crippen molar-refractivity contribution in [1.82, 2.24) is 20.1 Å². The first-order valence-corrected chi connectivity index (χ1v) is 12.7. The molecular weight excluding hydrogens is 410 g/mol. The lowest BCUT2D eigenvalue weighted by Gasteiger charge is -2.46. The van der Waals surface area contributed by atoms with E-state index in [4.69, 9.17) is 9.72 Å². The fourth-order valence-corrected chi connectivity index (χ4v) is 6.60. The number of aryl methyl sites for hydroxylation is 1. The Kier molecular flexibility index (Phi) is 5.87. The van der Waals surface area contributed by atoms with E-state index in [2.05, 4.69) is 64.4 Å². The van der Waals surface area contributed by atoms with E-state index in [-0.39, 0.29) is 0 Å². The number of aromatic nitrogens is 1. The van der Waals surface area contributed by atoms with Crippen molar-refractivity contribution in [3.63, 3.8) is 0 Å². The lowest BCUT2D eigenvalue weighted by atomic mass is 9.89. The zero-order valence-corrected chi connectivity index (χ0v) is 20.0. The van der Waals surface area contributed by atoms with Crippen LogP contribution in [-0.4, -0.2) is 79.9 Å². The van der Waals surface area contributed by atoms with Crippen LogP contribution in [0.1, 0.15) is 41.3 Å². The SMILES string of the molecule is CN1CC2CN(c3cccc4c3C[C@H](CN(C)C3CCCc5cccnc53)NC4)CC(C1)O2. The van der Waals surface area contributed by atoms with Gasteiger partial charge in [-0.15, -0.1) is 0 Å². The third-order valence-corrected chi connectivity index (χ3v) is 8.09. The first-order valence-electron chi connectivity index (χ1n) is 12.7. The molecule has 1 N–H and O–H groups in total. The van der Waals surface area contributed by atoms with Crippen LogP contribution >= 0.6 is 0 Å². The Hall–Kier alpha value is -1.99. The number of nitrogens with zero attached hydrogens (tertiary/aromatic N) is 4. The number of anilines is 1. The molecule has 33 heavy (non-hydrogen) atoms. The van der Waals surface area contributed by atoms with Crippen molar-refractivity contribution in [2.45, 2.75) is 56.5 Å². The molecule has 2 aromatic rings. The largest absolute Gasteiger partial charge is 0.369 e. The molecule has 3 aliphatic heterocycles. The van der Waals surface area contributed by atoms with E-state index in [0.29, 0.717) is 24.3 Å². The molecule has 2 saturated heterocycles. The van der Waals surface area contributed by atoms with Gasteiger partial charge in [-0.25, -0.2) is 0 Å². The quantitative estimate of drug-likeness (QED) is 0.777. The topological polar surface area (TPSA) is 43.9 Å². The van der Waals surface area contributed by atoms with E-state index in [0.717, 1.165) is 45.7 Å². The van der Waals surface area contributed by atoms with Crippen LogP contribution in [0.5, 0.6) is 0 Å². The van der Waals surface area contributed by atoms with Crippen molar-refractivity contribution in [2.75, 3.05) is 51.7 Å². The molecule has 0 spiro atoms. The summed E-state index contributed by atoms with van der Waals surface area (Å²) in [6, 6.07) is 12.1. The van der Waals surface area contributed by atoms with Crippen molar-refractivity contribution >= 4 is 5.69 Å². The second-order valence-corrected chi connectivity index (χ2v) is 10.6. The second-order valence-electron chi connectivity index (χ2n) is 10.6. The summed E-state index contributed by atoms with van der Waals surface area (Å²) >= 11 is 0. The van der Waals surface area contributed by atoms with Gasteiger partial charge in [-0.2, -0.15) is 0 Å². The van der Waals surface area contributed by atoms with Gasteiger partial charge in [-0.1, -0.05) is 18.2 Å². The summed E-state index contributed by atoms with van der Waals surface area (Å²) in [4.78, 5) is 12.4. The Balaban J connectivity index is 1.18. The molecule has 2 bridgehead atoms. The van der Waals surface area contributed by atoms with E-state index < -0.39 is 0 Å². The van der Waals surface area contributed by atoms with Crippen molar-refractivity contribution in [1.29, 1.82) is 0 Å². The predicted octanol–water partition coefficient (Wildman–Crippen LogP) is 2.62. The average Bonchev–Trinajstić information content (AvgIpc) is 2.82. The van der Waals surface area contributed by atoms with Gasteiger partial charge >= 0.3 is 0 Å². The minimum Gasteiger partial charge on any atom is -0.369 e. The van der Waals surface area contributed by atoms with Crippen LogP contribution in [0.2, 0.25) is 0 Å². The number of hydrogen-bond acceptors (Lipinski definition) is 6. The van der Waals surface area contributed by atoms with Gasteiger partial charge in [-0.3, -0.25) is 9.88 Å². The monoisotopic (exact) mass is 447 g/mol. The summed E-state index contributed by atoms with van der Waals surface area (Å²) in [5, 5.41) is 3.83. The molecule has 0 amide bonds. The molecule has 1 aliphatic carbocycles. The number of hydrogen-bond donors (Lipinski definition) is 1. The molecule has 1 aromatic carbocycles. The molecule has 4 heterocycles. The molecule has 0 saturated carbocycles. The van der Waals surface area contributed by atoms with Gasteiger partial charge in [0.1, 0.15) is 0 Å². The summed E-state index contributed by atoms with van der Waals surface area (Å²) in [6.45, 7) is 6.08. The van der Waals surface area contributed by atoms with Gasteiger partial charge in [0.2, 0.25) is 0 Å². The van der Waals surface area contributed by atoms with E-state index in [9.17, 15) is 0 Å². The molecule has 3 unspecified atom stereocenters. The van der Waals surface area contributed by atoms with Crippen LogP contribution in [0, 0.1) is 0 Å². The summed E-state index contributed by atoms with van der Waals surface area (Å²) in [7, 11) is 4.51. The second kappa shape index (κ2) is 8.99. The lowest BCUT2D eigenvalue weighted by molar-refractivity contribution is -0.0875. The van der Waals surface area contributed by atoms with Crippen molar-refractivity contribution in [2.24, 2.45) is 0 Å². The van der Waals surface area contributed by atoms with Crippen molar-refractivity contribution in [3.05, 3.63) is 58.9 Å². The highest BCUT2D eigenvalue weighted by atomic mass is 16.5. The van der Waals surface area contributed by atoms with Crippen LogP contribution in [0.25, 0.3) is 0 Å². The van der Waals surface area contributed by atoms with Crippen LogP contribution in [0.15, 0.2) is 36.5 Å². The van der Waals surface area contributed by atoms with Crippen molar-refractivity contribution < 1.29 is 4.74 Å². The van der Waals surface area contributed by atoms with E-state index in [1.807, 2.05) is 6.20 Å². The maximum absolute atomic E-state index is 6.25. The summed E-state index contributed by atoms with van der Waals surface area (Å²) in [5.74, 6) is 0. The third-order valence-electron chi connectivity index (χ3n) is 8.09. The third kappa shape index (κ3) is 4.30. The number of benzene rings is 1. The lowest BCUT2D eigenvalue weighted by Crippen LogP contribution is -2.59. The zero-order valence-electron chi connectivity index (χ0n) is 20.0. The van der Waals surface area contributed by atoms with Crippen LogP contribution in [-0.2, 0) is 24.1 Å². The predicted molar refractivity (Wildman–Crippen MR) is 132 cm³/mol. The highest BCUT2D eigenvalue weighted by Gasteiger charge is 2.35. The smallest absolute Gasteiger partial charge is 0.0881 e.